The topological polar surface area (TPSA) is 69.6 Å². The van der Waals surface area contributed by atoms with Crippen LogP contribution in [-0.2, 0) is 4.79 Å². The quantitative estimate of drug-likeness (QED) is 0.788. The van der Waals surface area contributed by atoms with Gasteiger partial charge in [0.15, 0.2) is 0 Å². The second-order valence-electron chi connectivity index (χ2n) is 6.21. The van der Waals surface area contributed by atoms with Crippen molar-refractivity contribution in [3.8, 4) is 0 Å². The van der Waals surface area contributed by atoms with Crippen molar-refractivity contribution in [2.45, 2.75) is 58.4 Å². The Labute approximate surface area is 121 Å². The molecule has 0 saturated heterocycles. The van der Waals surface area contributed by atoms with Crippen molar-refractivity contribution >= 4 is 12.0 Å². The van der Waals surface area contributed by atoms with Gasteiger partial charge in [-0.05, 0) is 19.3 Å². The van der Waals surface area contributed by atoms with Gasteiger partial charge < -0.3 is 15.3 Å². The minimum atomic E-state index is -0.875. The number of carbonyl (C=O) groups is 2. The number of urea groups is 1. The molecular weight excluding hydrogens is 256 g/mol. The van der Waals surface area contributed by atoms with Crippen molar-refractivity contribution in [2.24, 2.45) is 11.8 Å². The first-order chi connectivity index (χ1) is 9.40. The van der Waals surface area contributed by atoms with Gasteiger partial charge in [-0.3, -0.25) is 4.79 Å². The summed E-state index contributed by atoms with van der Waals surface area (Å²) in [5, 5.41) is 11.8. The van der Waals surface area contributed by atoms with E-state index in [-0.39, 0.29) is 18.6 Å². The summed E-state index contributed by atoms with van der Waals surface area (Å²) in [5.41, 5.74) is 0. The van der Waals surface area contributed by atoms with Crippen LogP contribution in [0.2, 0.25) is 0 Å². The molecule has 1 aliphatic carbocycles. The van der Waals surface area contributed by atoms with Gasteiger partial charge >= 0.3 is 12.0 Å². The largest absolute Gasteiger partial charge is 0.481 e. The molecule has 1 fully saturated rings. The lowest BCUT2D eigenvalue weighted by molar-refractivity contribution is -0.141. The van der Waals surface area contributed by atoms with Crippen molar-refractivity contribution < 1.29 is 14.7 Å². The van der Waals surface area contributed by atoms with Gasteiger partial charge in [-0.1, -0.05) is 39.0 Å². The van der Waals surface area contributed by atoms with Crippen LogP contribution in [0.3, 0.4) is 0 Å². The summed E-state index contributed by atoms with van der Waals surface area (Å²) >= 11 is 0. The summed E-state index contributed by atoms with van der Waals surface area (Å²) in [6.45, 7) is 3.87. The Balaban J connectivity index is 2.30. The van der Waals surface area contributed by atoms with E-state index in [1.54, 1.807) is 14.0 Å². The monoisotopic (exact) mass is 284 g/mol. The molecule has 0 aromatic heterocycles. The number of carboxylic acid groups (broad SMARTS) is 1. The van der Waals surface area contributed by atoms with Gasteiger partial charge in [-0.2, -0.15) is 0 Å². The maximum atomic E-state index is 12.0. The van der Waals surface area contributed by atoms with Gasteiger partial charge in [0.25, 0.3) is 0 Å². The van der Waals surface area contributed by atoms with Crippen molar-refractivity contribution in [1.82, 2.24) is 10.2 Å². The summed E-state index contributed by atoms with van der Waals surface area (Å²) < 4.78 is 0. The molecule has 5 nitrogen and oxygen atoms in total. The molecule has 0 radical (unpaired) electrons. The standard InChI is InChI=1S/C15H28N2O3/c1-11(14(18)19)10-17(3)15(20)16-12(2)9-13-7-5-4-6-8-13/h11-13H,4-10H2,1-3H3,(H,16,20)(H,18,19)/t11?,12-/m0/s1. The molecule has 2 atom stereocenters. The van der Waals surface area contributed by atoms with Crippen LogP contribution in [0.1, 0.15) is 52.4 Å². The summed E-state index contributed by atoms with van der Waals surface area (Å²) in [6.07, 6.45) is 7.52. The predicted molar refractivity (Wildman–Crippen MR) is 78.6 cm³/mol. The molecule has 0 aromatic rings. The Bertz CT molecular complexity index is 327. The number of amides is 2. The molecule has 0 spiro atoms. The predicted octanol–water partition coefficient (Wildman–Crippen LogP) is 2.71. The lowest BCUT2D eigenvalue weighted by Crippen LogP contribution is -2.44. The van der Waals surface area contributed by atoms with Crippen LogP contribution in [0.25, 0.3) is 0 Å². The Morgan fingerprint density at radius 2 is 1.85 bits per heavy atom. The highest BCUT2D eigenvalue weighted by Gasteiger charge is 2.21. The highest BCUT2D eigenvalue weighted by atomic mass is 16.4. The number of carbonyl (C=O) groups excluding carboxylic acids is 1. The van der Waals surface area contributed by atoms with Crippen molar-refractivity contribution in [3.63, 3.8) is 0 Å². The van der Waals surface area contributed by atoms with Crippen LogP contribution in [0, 0.1) is 11.8 Å². The van der Waals surface area contributed by atoms with E-state index in [2.05, 4.69) is 5.32 Å². The molecule has 0 heterocycles. The fourth-order valence-electron chi connectivity index (χ4n) is 2.87. The SMILES string of the molecule is CC(CN(C)C(=O)N[C@@H](C)CC1CCCCC1)C(=O)O. The molecule has 2 amide bonds. The number of hydrogen-bond donors (Lipinski definition) is 2. The van der Waals surface area contributed by atoms with Crippen molar-refractivity contribution in [1.29, 1.82) is 0 Å². The molecule has 0 aromatic carbocycles. The second kappa shape index (κ2) is 8.12. The van der Waals surface area contributed by atoms with E-state index < -0.39 is 11.9 Å². The zero-order valence-electron chi connectivity index (χ0n) is 12.9. The van der Waals surface area contributed by atoms with E-state index in [9.17, 15) is 9.59 Å². The van der Waals surface area contributed by atoms with E-state index in [1.165, 1.54) is 37.0 Å². The molecule has 0 aliphatic heterocycles. The minimum Gasteiger partial charge on any atom is -0.481 e. The molecule has 20 heavy (non-hydrogen) atoms. The Hall–Kier alpha value is -1.26. The van der Waals surface area contributed by atoms with Gasteiger partial charge in [0, 0.05) is 19.6 Å². The van der Waals surface area contributed by atoms with Gasteiger partial charge in [-0.25, -0.2) is 4.79 Å². The molecule has 1 aliphatic rings. The molecule has 2 N–H and O–H groups in total. The first kappa shape index (κ1) is 16.8. The van der Waals surface area contributed by atoms with Crippen molar-refractivity contribution in [2.75, 3.05) is 13.6 Å². The van der Waals surface area contributed by atoms with Crippen LogP contribution in [0.5, 0.6) is 0 Å². The molecule has 5 heteroatoms. The first-order valence-corrected chi connectivity index (χ1v) is 7.64. The van der Waals surface area contributed by atoms with Crippen molar-refractivity contribution in [3.05, 3.63) is 0 Å². The van der Waals surface area contributed by atoms with E-state index in [0.29, 0.717) is 0 Å². The Morgan fingerprint density at radius 1 is 1.25 bits per heavy atom. The van der Waals surface area contributed by atoms with Crippen LogP contribution < -0.4 is 5.32 Å². The van der Waals surface area contributed by atoms with Gasteiger partial charge in [0.1, 0.15) is 0 Å². The minimum absolute atomic E-state index is 0.146. The number of nitrogens with one attached hydrogen (secondary N) is 1. The highest BCUT2D eigenvalue weighted by Crippen LogP contribution is 2.27. The summed E-state index contributed by atoms with van der Waals surface area (Å²) in [6, 6.07) is -0.0328. The summed E-state index contributed by atoms with van der Waals surface area (Å²) in [4.78, 5) is 24.2. The zero-order valence-corrected chi connectivity index (χ0v) is 12.9. The van der Waals surface area contributed by atoms with Crippen LogP contribution in [0.15, 0.2) is 0 Å². The van der Waals surface area contributed by atoms with Gasteiger partial charge in [0.05, 0.1) is 5.92 Å². The fraction of sp³-hybridized carbons (Fsp3) is 0.867. The van der Waals surface area contributed by atoms with Gasteiger partial charge in [0.2, 0.25) is 0 Å². The molecule has 116 valence electrons. The average molecular weight is 284 g/mol. The lowest BCUT2D eigenvalue weighted by atomic mass is 9.85. The van der Waals surface area contributed by atoms with Gasteiger partial charge in [-0.15, -0.1) is 0 Å². The number of nitrogens with zero attached hydrogens (tertiary/aromatic N) is 1. The molecule has 1 rings (SSSR count). The van der Waals surface area contributed by atoms with E-state index in [4.69, 9.17) is 5.11 Å². The third-order valence-corrected chi connectivity index (χ3v) is 4.10. The smallest absolute Gasteiger partial charge is 0.317 e. The summed E-state index contributed by atoms with van der Waals surface area (Å²) in [5.74, 6) is -0.693. The molecule has 1 saturated carbocycles. The maximum Gasteiger partial charge on any atom is 0.317 e. The summed E-state index contributed by atoms with van der Waals surface area (Å²) in [7, 11) is 1.64. The molecule has 0 bridgehead atoms. The van der Waals surface area contributed by atoms with E-state index in [1.807, 2.05) is 6.92 Å². The normalized spacial score (nSPS) is 19.1. The van der Waals surface area contributed by atoms with E-state index >= 15 is 0 Å². The number of hydrogen-bond acceptors (Lipinski definition) is 2. The number of carboxylic acids is 1. The lowest BCUT2D eigenvalue weighted by Gasteiger charge is -2.27. The molecule has 1 unspecified atom stereocenters. The molecular formula is C15H28N2O3. The zero-order chi connectivity index (χ0) is 15.1. The Morgan fingerprint density at radius 3 is 2.40 bits per heavy atom. The third-order valence-electron chi connectivity index (χ3n) is 4.10. The number of rotatable bonds is 6. The fourth-order valence-corrected chi connectivity index (χ4v) is 2.87. The third kappa shape index (κ3) is 5.80. The van der Waals surface area contributed by atoms with E-state index in [0.717, 1.165) is 12.3 Å². The Kier molecular flexibility index (Phi) is 6.82. The van der Waals surface area contributed by atoms with Crippen LogP contribution in [0.4, 0.5) is 4.79 Å². The van der Waals surface area contributed by atoms with Crippen LogP contribution in [-0.4, -0.2) is 41.6 Å². The second-order valence-corrected chi connectivity index (χ2v) is 6.21. The van der Waals surface area contributed by atoms with Crippen LogP contribution >= 0.6 is 0 Å². The highest BCUT2D eigenvalue weighted by molar-refractivity contribution is 5.75. The average Bonchev–Trinajstić information content (AvgIpc) is 2.39. The maximum absolute atomic E-state index is 12.0. The number of aliphatic carboxylic acids is 1. The first-order valence-electron chi connectivity index (χ1n) is 7.64.